The van der Waals surface area contributed by atoms with Gasteiger partial charge in [-0.3, -0.25) is 0 Å². The van der Waals surface area contributed by atoms with Gasteiger partial charge in [-0.2, -0.15) is 0 Å². The van der Waals surface area contributed by atoms with Gasteiger partial charge in [0.15, 0.2) is 0 Å². The highest BCUT2D eigenvalue weighted by molar-refractivity contribution is 7.73. The average Bonchev–Trinajstić information content (AvgIpc) is 2.49. The molecule has 0 nitrogen and oxygen atoms in total. The van der Waals surface area contributed by atoms with Gasteiger partial charge in [-0.05, 0) is 43.6 Å². The Hall–Kier alpha value is -1.13. The molecule has 20 heavy (non-hydrogen) atoms. The smallest absolute Gasteiger partial charge is 0.0166 e. The van der Waals surface area contributed by atoms with Crippen molar-refractivity contribution in [2.24, 2.45) is 0 Å². The number of hydrogen-bond acceptors (Lipinski definition) is 0. The van der Waals surface area contributed by atoms with Gasteiger partial charge in [-0.15, -0.1) is 0 Å². The van der Waals surface area contributed by atoms with E-state index in [9.17, 15) is 0 Å². The van der Waals surface area contributed by atoms with E-state index in [2.05, 4.69) is 68.4 Å². The number of rotatable bonds is 7. The quantitative estimate of drug-likeness (QED) is 0.495. The first-order valence-corrected chi connectivity index (χ1v) is 9.24. The lowest BCUT2D eigenvalue weighted by Gasteiger charge is -2.20. The summed E-state index contributed by atoms with van der Waals surface area (Å²) in [6, 6.07) is 20.0. The predicted molar refractivity (Wildman–Crippen MR) is 92.8 cm³/mol. The molecule has 1 atom stereocenters. The zero-order chi connectivity index (χ0) is 14.2. The molecular weight excluding hydrogens is 259 g/mol. The van der Waals surface area contributed by atoms with Gasteiger partial charge in [0.1, 0.15) is 0 Å². The molecule has 0 saturated heterocycles. The maximum atomic E-state index is 2.33. The van der Waals surface area contributed by atoms with Gasteiger partial charge in [-0.25, -0.2) is 0 Å². The molecule has 0 radical (unpaired) electrons. The van der Waals surface area contributed by atoms with Crippen LogP contribution in [0, 0.1) is 6.92 Å². The number of benzene rings is 2. The van der Waals surface area contributed by atoms with Crippen molar-refractivity contribution in [2.45, 2.75) is 39.5 Å². The highest BCUT2D eigenvalue weighted by Crippen LogP contribution is 2.35. The Kier molecular flexibility index (Phi) is 6.27. The van der Waals surface area contributed by atoms with E-state index in [0.717, 1.165) is 0 Å². The molecule has 0 amide bonds. The fourth-order valence-corrected chi connectivity index (χ4v) is 5.17. The lowest BCUT2D eigenvalue weighted by atomic mass is 10.2. The highest BCUT2D eigenvalue weighted by atomic mass is 31.1. The minimum atomic E-state index is -0.188. The Morgan fingerprint density at radius 1 is 0.800 bits per heavy atom. The Morgan fingerprint density at radius 2 is 1.50 bits per heavy atom. The summed E-state index contributed by atoms with van der Waals surface area (Å²) in [5.41, 5.74) is 1.44. The summed E-state index contributed by atoms with van der Waals surface area (Å²) in [5.74, 6) is 0. The normalized spacial score (nSPS) is 12.3. The molecule has 2 rings (SSSR count). The van der Waals surface area contributed by atoms with Crippen molar-refractivity contribution in [3.63, 3.8) is 0 Å². The van der Waals surface area contributed by atoms with Crippen LogP contribution in [0.5, 0.6) is 0 Å². The third-order valence-corrected chi connectivity index (χ3v) is 6.48. The number of unbranched alkanes of at least 4 members (excludes halogenated alkanes) is 3. The van der Waals surface area contributed by atoms with E-state index in [1.807, 2.05) is 0 Å². The SMILES string of the molecule is CCCCCCP(c1ccccc1)c1ccccc1C. The Morgan fingerprint density at radius 3 is 2.20 bits per heavy atom. The van der Waals surface area contributed by atoms with Crippen LogP contribution < -0.4 is 10.6 Å². The summed E-state index contributed by atoms with van der Waals surface area (Å²) in [6.07, 6.45) is 6.72. The van der Waals surface area contributed by atoms with Crippen molar-refractivity contribution in [3.05, 3.63) is 60.2 Å². The molecule has 2 aromatic carbocycles. The van der Waals surface area contributed by atoms with Gasteiger partial charge in [0, 0.05) is 0 Å². The number of hydrogen-bond donors (Lipinski definition) is 0. The Balaban J connectivity index is 2.19. The Labute approximate surface area is 125 Å². The fourth-order valence-electron chi connectivity index (χ4n) is 2.56. The monoisotopic (exact) mass is 284 g/mol. The van der Waals surface area contributed by atoms with Gasteiger partial charge in [0.25, 0.3) is 0 Å². The molecule has 0 saturated carbocycles. The van der Waals surface area contributed by atoms with E-state index in [4.69, 9.17) is 0 Å². The van der Waals surface area contributed by atoms with Crippen molar-refractivity contribution >= 4 is 18.5 Å². The predicted octanol–water partition coefficient (Wildman–Crippen LogP) is 5.01. The molecule has 0 N–H and O–H groups in total. The maximum Gasteiger partial charge on any atom is -0.0166 e. The first-order valence-electron chi connectivity index (χ1n) is 7.71. The first kappa shape index (κ1) is 15.3. The van der Waals surface area contributed by atoms with E-state index in [1.54, 1.807) is 5.30 Å². The largest absolute Gasteiger partial charge is 0.0654 e. The zero-order valence-corrected chi connectivity index (χ0v) is 13.6. The standard InChI is InChI=1S/C19H25P/c1-3-4-5-11-16-20(18-13-7-6-8-14-18)19-15-10-9-12-17(19)2/h6-10,12-15H,3-5,11,16H2,1-2H3. The molecule has 1 unspecified atom stereocenters. The van der Waals surface area contributed by atoms with Crippen molar-refractivity contribution in [2.75, 3.05) is 6.16 Å². The van der Waals surface area contributed by atoms with E-state index >= 15 is 0 Å². The average molecular weight is 284 g/mol. The van der Waals surface area contributed by atoms with Gasteiger partial charge in [-0.1, -0.05) is 80.8 Å². The Bertz CT molecular complexity index is 504. The van der Waals surface area contributed by atoms with Crippen LogP contribution in [0.25, 0.3) is 0 Å². The van der Waals surface area contributed by atoms with E-state index in [1.165, 1.54) is 42.7 Å². The molecule has 0 spiro atoms. The number of aryl methyl sites for hydroxylation is 1. The van der Waals surface area contributed by atoms with Crippen LogP contribution in [0.4, 0.5) is 0 Å². The molecule has 0 aliphatic heterocycles. The second kappa shape index (κ2) is 8.22. The molecular formula is C19H25P. The maximum absolute atomic E-state index is 2.33. The summed E-state index contributed by atoms with van der Waals surface area (Å²) >= 11 is 0. The van der Waals surface area contributed by atoms with Crippen LogP contribution in [-0.4, -0.2) is 6.16 Å². The van der Waals surface area contributed by atoms with Crippen LogP contribution in [-0.2, 0) is 0 Å². The van der Waals surface area contributed by atoms with Crippen LogP contribution in [0.3, 0.4) is 0 Å². The zero-order valence-electron chi connectivity index (χ0n) is 12.7. The van der Waals surface area contributed by atoms with Crippen LogP contribution in [0.2, 0.25) is 0 Å². The lowest BCUT2D eigenvalue weighted by Crippen LogP contribution is -2.16. The van der Waals surface area contributed by atoms with E-state index < -0.39 is 0 Å². The van der Waals surface area contributed by atoms with Crippen molar-refractivity contribution < 1.29 is 0 Å². The van der Waals surface area contributed by atoms with Crippen LogP contribution >= 0.6 is 7.92 Å². The third-order valence-electron chi connectivity index (χ3n) is 3.71. The third kappa shape index (κ3) is 4.18. The molecule has 0 aliphatic carbocycles. The minimum Gasteiger partial charge on any atom is -0.0654 e. The van der Waals surface area contributed by atoms with E-state index in [0.29, 0.717) is 0 Å². The van der Waals surface area contributed by atoms with E-state index in [-0.39, 0.29) is 7.92 Å². The topological polar surface area (TPSA) is 0 Å². The molecule has 1 heteroatoms. The summed E-state index contributed by atoms with van der Waals surface area (Å²) < 4.78 is 0. The molecule has 0 aromatic heterocycles. The highest BCUT2D eigenvalue weighted by Gasteiger charge is 2.14. The lowest BCUT2D eigenvalue weighted by molar-refractivity contribution is 0.705. The molecule has 0 fully saturated rings. The summed E-state index contributed by atoms with van der Waals surface area (Å²) in [7, 11) is -0.188. The van der Waals surface area contributed by atoms with Crippen molar-refractivity contribution in [3.8, 4) is 0 Å². The minimum absolute atomic E-state index is 0.188. The summed E-state index contributed by atoms with van der Waals surface area (Å²) in [5, 5.41) is 3.08. The fraction of sp³-hybridized carbons (Fsp3) is 0.368. The van der Waals surface area contributed by atoms with Gasteiger partial charge < -0.3 is 0 Å². The molecule has 106 valence electrons. The summed E-state index contributed by atoms with van der Waals surface area (Å²) in [4.78, 5) is 0. The van der Waals surface area contributed by atoms with Crippen molar-refractivity contribution in [1.82, 2.24) is 0 Å². The molecule has 2 aromatic rings. The molecule has 0 aliphatic rings. The second-order valence-electron chi connectivity index (χ2n) is 5.33. The van der Waals surface area contributed by atoms with Crippen LogP contribution in [0.1, 0.15) is 38.2 Å². The molecule has 0 heterocycles. The van der Waals surface area contributed by atoms with Crippen LogP contribution in [0.15, 0.2) is 54.6 Å². The van der Waals surface area contributed by atoms with Gasteiger partial charge in [0.2, 0.25) is 0 Å². The van der Waals surface area contributed by atoms with Gasteiger partial charge >= 0.3 is 0 Å². The first-order chi connectivity index (χ1) is 9.83. The summed E-state index contributed by atoms with van der Waals surface area (Å²) in [6.45, 7) is 4.53. The van der Waals surface area contributed by atoms with Crippen molar-refractivity contribution in [1.29, 1.82) is 0 Å². The molecule has 0 bridgehead atoms. The second-order valence-corrected chi connectivity index (χ2v) is 7.64. The van der Waals surface area contributed by atoms with Gasteiger partial charge in [0.05, 0.1) is 0 Å².